The van der Waals surface area contributed by atoms with Gasteiger partial charge in [-0.15, -0.1) is 0 Å². The third kappa shape index (κ3) is 2.16. The van der Waals surface area contributed by atoms with Gasteiger partial charge in [-0.1, -0.05) is 0 Å². The van der Waals surface area contributed by atoms with Gasteiger partial charge in [0.1, 0.15) is 0 Å². The van der Waals surface area contributed by atoms with Crippen molar-refractivity contribution in [2.75, 3.05) is 0 Å². The van der Waals surface area contributed by atoms with Gasteiger partial charge in [-0.05, 0) is 19.3 Å². The summed E-state index contributed by atoms with van der Waals surface area (Å²) >= 11 is 0. The van der Waals surface area contributed by atoms with E-state index in [0.717, 1.165) is 0 Å². The van der Waals surface area contributed by atoms with Crippen LogP contribution in [-0.2, 0) is 10.1 Å². The maximum absolute atomic E-state index is 10.6. The molecular formula is C6H12O5S. The molecular weight excluding hydrogens is 184 g/mol. The molecule has 0 aliphatic heterocycles. The molecule has 5 nitrogen and oxygen atoms in total. The molecule has 72 valence electrons. The maximum Gasteiger partial charge on any atom is 0.267 e. The van der Waals surface area contributed by atoms with Gasteiger partial charge in [0.2, 0.25) is 0 Å². The lowest BCUT2D eigenvalue weighted by atomic mass is 9.95. The normalized spacial score (nSPS) is 38.1. The molecule has 12 heavy (non-hydrogen) atoms. The molecule has 1 aliphatic carbocycles. The van der Waals surface area contributed by atoms with Crippen LogP contribution in [0.15, 0.2) is 0 Å². The average molecular weight is 196 g/mol. The minimum atomic E-state index is -4.05. The first-order valence-electron chi connectivity index (χ1n) is 3.73. The summed E-state index contributed by atoms with van der Waals surface area (Å²) in [4.78, 5) is 0. The fourth-order valence-corrected chi connectivity index (χ4v) is 2.24. The summed E-state index contributed by atoms with van der Waals surface area (Å²) in [5.41, 5.74) is 0. The molecule has 0 spiro atoms. The van der Waals surface area contributed by atoms with Crippen molar-refractivity contribution >= 4 is 10.1 Å². The van der Waals surface area contributed by atoms with Gasteiger partial charge in [0, 0.05) is 0 Å². The second kappa shape index (κ2) is 3.29. The zero-order valence-electron chi connectivity index (χ0n) is 6.42. The predicted molar refractivity (Wildman–Crippen MR) is 41.2 cm³/mol. The minimum Gasteiger partial charge on any atom is -0.390 e. The summed E-state index contributed by atoms with van der Waals surface area (Å²) < 4.78 is 29.8. The van der Waals surface area contributed by atoms with Crippen LogP contribution < -0.4 is 0 Å². The first-order valence-corrected chi connectivity index (χ1v) is 5.24. The van der Waals surface area contributed by atoms with Gasteiger partial charge in [-0.2, -0.15) is 8.42 Å². The van der Waals surface area contributed by atoms with Crippen molar-refractivity contribution in [3.63, 3.8) is 0 Å². The summed E-state index contributed by atoms with van der Waals surface area (Å²) in [6.45, 7) is 0. The van der Waals surface area contributed by atoms with Crippen LogP contribution in [0, 0.1) is 0 Å². The highest BCUT2D eigenvalue weighted by Gasteiger charge is 2.34. The van der Waals surface area contributed by atoms with Crippen molar-refractivity contribution < 1.29 is 23.2 Å². The van der Waals surface area contributed by atoms with Crippen molar-refractivity contribution in [3.8, 4) is 0 Å². The van der Waals surface area contributed by atoms with Crippen LogP contribution >= 0.6 is 0 Å². The van der Waals surface area contributed by atoms with Crippen LogP contribution in [0.2, 0.25) is 0 Å². The predicted octanol–water partition coefficient (Wildman–Crippen LogP) is -0.851. The number of rotatable bonds is 1. The van der Waals surface area contributed by atoms with Crippen molar-refractivity contribution in [2.45, 2.75) is 36.7 Å². The second-order valence-electron chi connectivity index (χ2n) is 3.08. The Hall–Kier alpha value is -0.170. The maximum atomic E-state index is 10.6. The molecule has 0 radical (unpaired) electrons. The Bertz CT molecular complexity index is 247. The molecule has 3 atom stereocenters. The van der Waals surface area contributed by atoms with E-state index in [1.54, 1.807) is 0 Å². The van der Waals surface area contributed by atoms with Crippen LogP contribution in [0.4, 0.5) is 0 Å². The summed E-state index contributed by atoms with van der Waals surface area (Å²) in [6, 6.07) is 0. The number of hydrogen-bond acceptors (Lipinski definition) is 4. The first-order chi connectivity index (χ1) is 5.41. The topological polar surface area (TPSA) is 94.8 Å². The lowest BCUT2D eigenvalue weighted by Gasteiger charge is -2.27. The summed E-state index contributed by atoms with van der Waals surface area (Å²) in [5.74, 6) is 0. The highest BCUT2D eigenvalue weighted by molar-refractivity contribution is 7.86. The van der Waals surface area contributed by atoms with E-state index in [-0.39, 0.29) is 19.3 Å². The monoisotopic (exact) mass is 196 g/mol. The molecule has 0 bridgehead atoms. The van der Waals surface area contributed by atoms with Gasteiger partial charge in [0.25, 0.3) is 10.1 Å². The van der Waals surface area contributed by atoms with E-state index in [2.05, 4.69) is 0 Å². The molecule has 1 saturated carbocycles. The molecule has 1 rings (SSSR count). The Balaban J connectivity index is 2.64. The van der Waals surface area contributed by atoms with Gasteiger partial charge in [0.05, 0.1) is 17.5 Å². The lowest BCUT2D eigenvalue weighted by Crippen LogP contribution is -2.39. The summed E-state index contributed by atoms with van der Waals surface area (Å²) in [5, 5.41) is 17.2. The van der Waals surface area contributed by atoms with Gasteiger partial charge in [-0.25, -0.2) is 0 Å². The molecule has 6 heteroatoms. The van der Waals surface area contributed by atoms with E-state index < -0.39 is 27.6 Å². The van der Waals surface area contributed by atoms with Crippen LogP contribution in [0.1, 0.15) is 19.3 Å². The largest absolute Gasteiger partial charge is 0.390 e. The average Bonchev–Trinajstić information content (AvgIpc) is 1.92. The van der Waals surface area contributed by atoms with Crippen LogP contribution in [0.5, 0.6) is 0 Å². The van der Waals surface area contributed by atoms with Gasteiger partial charge in [0.15, 0.2) is 0 Å². The smallest absolute Gasteiger partial charge is 0.267 e. The van der Waals surface area contributed by atoms with Gasteiger partial charge < -0.3 is 10.2 Å². The van der Waals surface area contributed by atoms with E-state index in [4.69, 9.17) is 14.8 Å². The Labute approximate surface area is 70.8 Å². The quantitative estimate of drug-likeness (QED) is 0.475. The standard InChI is InChI=1S/C6H12O5S/c7-5-2-1-4(3-6(5)8)12(9,10)11/h4-8H,1-3H2,(H,9,10,11). The van der Waals surface area contributed by atoms with Crippen molar-refractivity contribution in [2.24, 2.45) is 0 Å². The third-order valence-corrected chi connectivity index (χ3v) is 3.42. The zero-order chi connectivity index (χ0) is 9.35. The molecule has 0 saturated heterocycles. The molecule has 0 aromatic rings. The molecule has 0 aromatic heterocycles. The third-order valence-electron chi connectivity index (χ3n) is 2.15. The Morgan fingerprint density at radius 1 is 1.08 bits per heavy atom. The van der Waals surface area contributed by atoms with Crippen LogP contribution in [0.3, 0.4) is 0 Å². The molecule has 3 N–H and O–H groups in total. The van der Waals surface area contributed by atoms with Gasteiger partial charge >= 0.3 is 0 Å². The van der Waals surface area contributed by atoms with Crippen LogP contribution in [-0.4, -0.2) is 40.6 Å². The minimum absolute atomic E-state index is 0.0833. The molecule has 0 amide bonds. The fourth-order valence-electron chi connectivity index (χ4n) is 1.36. The Morgan fingerprint density at radius 2 is 1.67 bits per heavy atom. The van der Waals surface area contributed by atoms with E-state index in [0.29, 0.717) is 0 Å². The van der Waals surface area contributed by atoms with Crippen molar-refractivity contribution in [3.05, 3.63) is 0 Å². The molecule has 3 unspecified atom stereocenters. The Morgan fingerprint density at radius 3 is 2.08 bits per heavy atom. The molecule has 0 aromatic carbocycles. The Kier molecular flexibility index (Phi) is 2.72. The van der Waals surface area contributed by atoms with Crippen LogP contribution in [0.25, 0.3) is 0 Å². The number of aliphatic hydroxyl groups is 2. The van der Waals surface area contributed by atoms with Crippen molar-refractivity contribution in [1.82, 2.24) is 0 Å². The number of hydrogen-bond donors (Lipinski definition) is 3. The summed E-state index contributed by atoms with van der Waals surface area (Å²) in [6.07, 6.45) is -1.56. The van der Waals surface area contributed by atoms with E-state index in [1.807, 2.05) is 0 Å². The highest BCUT2D eigenvalue weighted by Crippen LogP contribution is 2.23. The second-order valence-corrected chi connectivity index (χ2v) is 4.78. The SMILES string of the molecule is O=S(=O)(O)C1CCC(O)C(O)C1. The molecule has 1 aliphatic rings. The fraction of sp³-hybridized carbons (Fsp3) is 1.00. The van der Waals surface area contributed by atoms with E-state index >= 15 is 0 Å². The molecule has 1 fully saturated rings. The molecule has 0 heterocycles. The summed E-state index contributed by atoms with van der Waals surface area (Å²) in [7, 11) is -4.05. The number of aliphatic hydroxyl groups excluding tert-OH is 2. The van der Waals surface area contributed by atoms with Crippen molar-refractivity contribution in [1.29, 1.82) is 0 Å². The van der Waals surface area contributed by atoms with E-state index in [1.165, 1.54) is 0 Å². The lowest BCUT2D eigenvalue weighted by molar-refractivity contribution is -0.00811. The zero-order valence-corrected chi connectivity index (χ0v) is 7.24. The van der Waals surface area contributed by atoms with E-state index in [9.17, 15) is 8.42 Å². The van der Waals surface area contributed by atoms with Gasteiger partial charge in [-0.3, -0.25) is 4.55 Å². The highest BCUT2D eigenvalue weighted by atomic mass is 32.2. The first kappa shape index (κ1) is 9.91.